The van der Waals surface area contributed by atoms with E-state index in [-0.39, 0.29) is 16.3 Å². The largest absolute Gasteiger partial charge is 0.293 e. The molecule has 1 saturated heterocycles. The SMILES string of the molecule is CC1(C(=O)c2ccc(F)cc2)CCCS1. The first kappa shape index (κ1) is 10.7. The molecule has 0 aromatic heterocycles. The number of carbonyl (C=O) groups excluding carboxylic acids is 1. The Kier molecular flexibility index (Phi) is 2.83. The maximum Gasteiger partial charge on any atom is 0.178 e. The molecule has 1 fully saturated rings. The summed E-state index contributed by atoms with van der Waals surface area (Å²) in [7, 11) is 0. The Morgan fingerprint density at radius 3 is 2.60 bits per heavy atom. The van der Waals surface area contributed by atoms with Crippen LogP contribution in [-0.4, -0.2) is 16.3 Å². The molecular weight excluding hydrogens is 211 g/mol. The quantitative estimate of drug-likeness (QED) is 0.717. The zero-order valence-electron chi connectivity index (χ0n) is 8.63. The van der Waals surface area contributed by atoms with Gasteiger partial charge in [-0.1, -0.05) is 0 Å². The normalized spacial score (nSPS) is 25.5. The van der Waals surface area contributed by atoms with E-state index in [2.05, 4.69) is 0 Å². The van der Waals surface area contributed by atoms with Crippen molar-refractivity contribution in [2.45, 2.75) is 24.5 Å². The van der Waals surface area contributed by atoms with E-state index in [1.807, 2.05) is 6.92 Å². The smallest absolute Gasteiger partial charge is 0.178 e. The van der Waals surface area contributed by atoms with Crippen molar-refractivity contribution in [3.8, 4) is 0 Å². The Morgan fingerprint density at radius 2 is 2.07 bits per heavy atom. The van der Waals surface area contributed by atoms with Gasteiger partial charge in [0.1, 0.15) is 5.82 Å². The van der Waals surface area contributed by atoms with Crippen LogP contribution in [0.4, 0.5) is 4.39 Å². The zero-order valence-corrected chi connectivity index (χ0v) is 9.44. The van der Waals surface area contributed by atoms with E-state index in [9.17, 15) is 9.18 Å². The molecule has 1 nitrogen and oxygen atoms in total. The van der Waals surface area contributed by atoms with Crippen molar-refractivity contribution in [1.29, 1.82) is 0 Å². The zero-order chi connectivity index (χ0) is 10.9. The average Bonchev–Trinajstić information content (AvgIpc) is 2.67. The second-order valence-corrected chi connectivity index (χ2v) is 5.62. The first-order valence-electron chi connectivity index (χ1n) is 5.06. The number of halogens is 1. The summed E-state index contributed by atoms with van der Waals surface area (Å²) in [6, 6.07) is 5.83. The lowest BCUT2D eigenvalue weighted by molar-refractivity contribution is 0.0949. The lowest BCUT2D eigenvalue weighted by Gasteiger charge is -2.20. The molecule has 3 heteroatoms. The minimum Gasteiger partial charge on any atom is -0.293 e. The summed E-state index contributed by atoms with van der Waals surface area (Å²) in [4.78, 5) is 12.1. The molecule has 1 unspecified atom stereocenters. The van der Waals surface area contributed by atoms with Crippen LogP contribution in [0.15, 0.2) is 24.3 Å². The van der Waals surface area contributed by atoms with E-state index in [0.29, 0.717) is 5.56 Å². The van der Waals surface area contributed by atoms with E-state index in [0.717, 1.165) is 18.6 Å². The van der Waals surface area contributed by atoms with Crippen molar-refractivity contribution in [2.75, 3.05) is 5.75 Å². The first-order chi connectivity index (χ1) is 7.12. The summed E-state index contributed by atoms with van der Waals surface area (Å²) < 4.78 is 12.4. The van der Waals surface area contributed by atoms with Crippen molar-refractivity contribution in [3.05, 3.63) is 35.6 Å². The molecule has 1 heterocycles. The molecule has 0 saturated carbocycles. The van der Waals surface area contributed by atoms with E-state index >= 15 is 0 Å². The van der Waals surface area contributed by atoms with Gasteiger partial charge in [-0.15, -0.1) is 11.8 Å². The molecule has 15 heavy (non-hydrogen) atoms. The molecular formula is C12H13FOS. The highest BCUT2D eigenvalue weighted by Crippen LogP contribution is 2.40. The number of thioether (sulfide) groups is 1. The van der Waals surface area contributed by atoms with Crippen LogP contribution in [-0.2, 0) is 0 Å². The Hall–Kier alpha value is -0.830. The Morgan fingerprint density at radius 1 is 1.40 bits per heavy atom. The number of carbonyl (C=O) groups is 1. The minimum atomic E-state index is -0.296. The van der Waals surface area contributed by atoms with Crippen molar-refractivity contribution in [1.82, 2.24) is 0 Å². The van der Waals surface area contributed by atoms with Crippen LogP contribution in [0.2, 0.25) is 0 Å². The van der Waals surface area contributed by atoms with Gasteiger partial charge >= 0.3 is 0 Å². The predicted octanol–water partition coefficient (Wildman–Crippen LogP) is 3.29. The van der Waals surface area contributed by atoms with Crippen LogP contribution in [0.3, 0.4) is 0 Å². The highest BCUT2D eigenvalue weighted by molar-refractivity contribution is 8.01. The number of hydrogen-bond donors (Lipinski definition) is 0. The molecule has 80 valence electrons. The van der Waals surface area contributed by atoms with Crippen molar-refractivity contribution in [2.24, 2.45) is 0 Å². The highest BCUT2D eigenvalue weighted by Gasteiger charge is 2.37. The monoisotopic (exact) mass is 224 g/mol. The molecule has 1 aromatic rings. The van der Waals surface area contributed by atoms with Crippen molar-refractivity contribution in [3.63, 3.8) is 0 Å². The summed E-state index contributed by atoms with van der Waals surface area (Å²) in [5.74, 6) is 0.879. The van der Waals surface area contributed by atoms with Gasteiger partial charge in [-0.05, 0) is 49.8 Å². The Bertz CT molecular complexity index is 366. The van der Waals surface area contributed by atoms with E-state index in [1.165, 1.54) is 12.1 Å². The van der Waals surface area contributed by atoms with Crippen LogP contribution in [0.5, 0.6) is 0 Å². The number of benzene rings is 1. The number of ketones is 1. The van der Waals surface area contributed by atoms with Crippen LogP contribution in [0, 0.1) is 5.82 Å². The van der Waals surface area contributed by atoms with Gasteiger partial charge in [0.05, 0.1) is 4.75 Å². The Labute approximate surface area is 93.1 Å². The fourth-order valence-corrected chi connectivity index (χ4v) is 3.14. The van der Waals surface area contributed by atoms with Gasteiger partial charge in [0, 0.05) is 5.56 Å². The molecule has 0 bridgehead atoms. The molecule has 1 aliphatic rings. The van der Waals surface area contributed by atoms with Gasteiger partial charge < -0.3 is 0 Å². The van der Waals surface area contributed by atoms with Gasteiger partial charge in [0.2, 0.25) is 0 Å². The lowest BCUT2D eigenvalue weighted by atomic mass is 9.95. The van der Waals surface area contributed by atoms with Crippen molar-refractivity contribution < 1.29 is 9.18 Å². The summed E-state index contributed by atoms with van der Waals surface area (Å²) >= 11 is 1.71. The summed E-state index contributed by atoms with van der Waals surface area (Å²) in [6.07, 6.45) is 2.02. The van der Waals surface area contributed by atoms with Crippen LogP contribution >= 0.6 is 11.8 Å². The van der Waals surface area contributed by atoms with Crippen LogP contribution in [0.25, 0.3) is 0 Å². The van der Waals surface area contributed by atoms with Gasteiger partial charge in [0.15, 0.2) is 5.78 Å². The summed E-state index contributed by atoms with van der Waals surface area (Å²) in [5.41, 5.74) is 0.619. The minimum absolute atomic E-state index is 0.130. The lowest BCUT2D eigenvalue weighted by Crippen LogP contribution is -2.28. The van der Waals surface area contributed by atoms with Gasteiger partial charge in [-0.25, -0.2) is 4.39 Å². The molecule has 1 aliphatic heterocycles. The second-order valence-electron chi connectivity index (χ2n) is 4.02. The van der Waals surface area contributed by atoms with Crippen LogP contribution in [0.1, 0.15) is 30.1 Å². The third-order valence-electron chi connectivity index (χ3n) is 2.81. The standard InChI is InChI=1S/C12H13FOS/c1-12(7-2-8-15-12)11(14)9-3-5-10(13)6-4-9/h3-6H,2,7-8H2,1H3. The predicted molar refractivity (Wildman–Crippen MR) is 60.8 cm³/mol. The molecule has 0 radical (unpaired) electrons. The number of Topliss-reactive ketones (excluding diaryl/α,β-unsaturated/α-hetero) is 1. The van der Waals surface area contributed by atoms with Gasteiger partial charge in [-0.3, -0.25) is 4.79 Å². The number of hydrogen-bond acceptors (Lipinski definition) is 2. The third kappa shape index (κ3) is 2.07. The van der Waals surface area contributed by atoms with Gasteiger partial charge in [0.25, 0.3) is 0 Å². The molecule has 0 N–H and O–H groups in total. The molecule has 0 aliphatic carbocycles. The first-order valence-corrected chi connectivity index (χ1v) is 6.05. The molecule has 0 spiro atoms. The Balaban J connectivity index is 2.24. The van der Waals surface area contributed by atoms with E-state index in [1.54, 1.807) is 23.9 Å². The number of rotatable bonds is 2. The fourth-order valence-electron chi connectivity index (χ4n) is 1.86. The molecule has 2 rings (SSSR count). The maximum absolute atomic E-state index is 12.7. The van der Waals surface area contributed by atoms with Crippen molar-refractivity contribution >= 4 is 17.5 Å². The maximum atomic E-state index is 12.7. The second kappa shape index (κ2) is 3.97. The van der Waals surface area contributed by atoms with Gasteiger partial charge in [-0.2, -0.15) is 0 Å². The third-order valence-corrected chi connectivity index (χ3v) is 4.32. The molecule has 0 amide bonds. The molecule has 1 atom stereocenters. The van der Waals surface area contributed by atoms with E-state index in [4.69, 9.17) is 0 Å². The molecule has 1 aromatic carbocycles. The van der Waals surface area contributed by atoms with Crippen LogP contribution < -0.4 is 0 Å². The summed E-state index contributed by atoms with van der Waals surface area (Å²) in [6.45, 7) is 1.98. The summed E-state index contributed by atoms with van der Waals surface area (Å²) in [5, 5.41) is 0. The highest BCUT2D eigenvalue weighted by atomic mass is 32.2. The fraction of sp³-hybridized carbons (Fsp3) is 0.417. The topological polar surface area (TPSA) is 17.1 Å². The van der Waals surface area contributed by atoms with E-state index < -0.39 is 0 Å². The average molecular weight is 224 g/mol.